The van der Waals surface area contributed by atoms with Crippen LogP contribution in [0.2, 0.25) is 0 Å². The summed E-state index contributed by atoms with van der Waals surface area (Å²) < 4.78 is 0. The Bertz CT molecular complexity index is 412. The molecule has 0 aliphatic rings. The number of nitrogens with one attached hydrogen (secondary N) is 1. The van der Waals surface area contributed by atoms with Crippen LogP contribution < -0.4 is 10.2 Å². The van der Waals surface area contributed by atoms with Crippen LogP contribution in [-0.2, 0) is 4.79 Å². The van der Waals surface area contributed by atoms with Gasteiger partial charge in [0.1, 0.15) is 6.04 Å². The fraction of sp³-hybridized carbons (Fsp3) is 0.333. The average molecular weight is 236 g/mol. The van der Waals surface area contributed by atoms with Crippen molar-refractivity contribution in [2.45, 2.75) is 13.0 Å². The first-order valence-electron chi connectivity index (χ1n) is 5.23. The van der Waals surface area contributed by atoms with Crippen molar-refractivity contribution in [3.05, 3.63) is 29.8 Å². The van der Waals surface area contributed by atoms with E-state index >= 15 is 0 Å². The molecule has 0 aliphatic carbocycles. The molecular weight excluding hydrogens is 220 g/mol. The number of hydrogen-bond donors (Lipinski definition) is 2. The molecule has 0 spiro atoms. The number of carbonyl (C=O) groups excluding carboxylic acids is 1. The van der Waals surface area contributed by atoms with Crippen LogP contribution in [0.5, 0.6) is 0 Å². The first kappa shape index (κ1) is 13.0. The molecule has 0 saturated heterocycles. The van der Waals surface area contributed by atoms with Crippen molar-refractivity contribution in [2.75, 3.05) is 19.0 Å². The SMILES string of the molecule is C[C@@H](NC(=O)c1ccc(N(C)C)cc1)C(=O)O. The molecular formula is C12H16N2O3. The molecule has 2 N–H and O–H groups in total. The minimum absolute atomic E-state index is 0.384. The summed E-state index contributed by atoms with van der Waals surface area (Å²) in [6, 6.07) is 6.05. The third-order valence-corrected chi connectivity index (χ3v) is 2.36. The second-order valence-electron chi connectivity index (χ2n) is 3.97. The van der Waals surface area contributed by atoms with Crippen LogP contribution in [0.25, 0.3) is 0 Å². The smallest absolute Gasteiger partial charge is 0.325 e. The largest absolute Gasteiger partial charge is 0.480 e. The highest BCUT2D eigenvalue weighted by Gasteiger charge is 2.14. The van der Waals surface area contributed by atoms with Gasteiger partial charge in [-0.05, 0) is 31.2 Å². The van der Waals surface area contributed by atoms with Crippen LogP contribution in [-0.4, -0.2) is 37.1 Å². The van der Waals surface area contributed by atoms with E-state index in [2.05, 4.69) is 5.32 Å². The predicted molar refractivity (Wildman–Crippen MR) is 65.3 cm³/mol. The van der Waals surface area contributed by atoms with Crippen LogP contribution in [0.3, 0.4) is 0 Å². The zero-order valence-electron chi connectivity index (χ0n) is 10.1. The fourth-order valence-corrected chi connectivity index (χ4v) is 1.25. The zero-order valence-corrected chi connectivity index (χ0v) is 10.1. The molecule has 0 radical (unpaired) electrons. The number of amides is 1. The number of nitrogens with zero attached hydrogens (tertiary/aromatic N) is 1. The third-order valence-electron chi connectivity index (χ3n) is 2.36. The number of anilines is 1. The Kier molecular flexibility index (Phi) is 4.09. The summed E-state index contributed by atoms with van der Waals surface area (Å²) in [7, 11) is 3.81. The van der Waals surface area contributed by atoms with Gasteiger partial charge in [0.25, 0.3) is 5.91 Å². The molecule has 5 heteroatoms. The van der Waals surface area contributed by atoms with E-state index < -0.39 is 12.0 Å². The monoisotopic (exact) mass is 236 g/mol. The topological polar surface area (TPSA) is 69.6 Å². The molecule has 0 aromatic heterocycles. The molecule has 1 aromatic rings. The van der Waals surface area contributed by atoms with Crippen molar-refractivity contribution in [1.29, 1.82) is 0 Å². The number of carbonyl (C=O) groups is 2. The van der Waals surface area contributed by atoms with Crippen molar-refractivity contribution in [3.8, 4) is 0 Å². The second kappa shape index (κ2) is 5.34. The van der Waals surface area contributed by atoms with Gasteiger partial charge < -0.3 is 15.3 Å². The molecule has 0 bridgehead atoms. The number of carboxylic acids is 1. The van der Waals surface area contributed by atoms with Crippen molar-refractivity contribution in [2.24, 2.45) is 0 Å². The number of hydrogen-bond acceptors (Lipinski definition) is 3. The van der Waals surface area contributed by atoms with Gasteiger partial charge in [-0.15, -0.1) is 0 Å². The van der Waals surface area contributed by atoms with Gasteiger partial charge in [0.15, 0.2) is 0 Å². The first-order chi connectivity index (χ1) is 7.91. The van der Waals surface area contributed by atoms with E-state index in [1.807, 2.05) is 19.0 Å². The summed E-state index contributed by atoms with van der Waals surface area (Å²) in [6.45, 7) is 1.43. The molecule has 1 amide bonds. The highest BCUT2D eigenvalue weighted by Crippen LogP contribution is 2.12. The van der Waals surface area contributed by atoms with Gasteiger partial charge in [-0.1, -0.05) is 0 Å². The molecule has 1 aromatic carbocycles. The third kappa shape index (κ3) is 3.48. The molecule has 5 nitrogen and oxygen atoms in total. The molecule has 92 valence electrons. The molecule has 0 heterocycles. The van der Waals surface area contributed by atoms with Crippen LogP contribution in [0.4, 0.5) is 5.69 Å². The molecule has 0 aliphatic heterocycles. The Morgan fingerprint density at radius 1 is 1.24 bits per heavy atom. The maximum atomic E-state index is 11.7. The van der Waals surface area contributed by atoms with Crippen molar-refractivity contribution in [3.63, 3.8) is 0 Å². The van der Waals surface area contributed by atoms with Gasteiger partial charge in [-0.2, -0.15) is 0 Å². The lowest BCUT2D eigenvalue weighted by Gasteiger charge is -2.13. The summed E-state index contributed by atoms with van der Waals surface area (Å²) in [4.78, 5) is 24.2. The lowest BCUT2D eigenvalue weighted by molar-refractivity contribution is -0.138. The zero-order chi connectivity index (χ0) is 13.0. The van der Waals surface area contributed by atoms with Crippen LogP contribution in [0.15, 0.2) is 24.3 Å². The maximum absolute atomic E-state index is 11.7. The minimum Gasteiger partial charge on any atom is -0.480 e. The van der Waals surface area contributed by atoms with Gasteiger partial charge in [-0.25, -0.2) is 0 Å². The second-order valence-corrected chi connectivity index (χ2v) is 3.97. The fourth-order valence-electron chi connectivity index (χ4n) is 1.25. The summed E-state index contributed by atoms with van der Waals surface area (Å²) in [5, 5.41) is 11.1. The average Bonchev–Trinajstić information content (AvgIpc) is 2.28. The molecule has 0 unspecified atom stereocenters. The van der Waals surface area contributed by atoms with Gasteiger partial charge in [0.2, 0.25) is 0 Å². The van der Waals surface area contributed by atoms with Crippen LogP contribution in [0.1, 0.15) is 17.3 Å². The van der Waals surface area contributed by atoms with E-state index in [1.165, 1.54) is 6.92 Å². The maximum Gasteiger partial charge on any atom is 0.325 e. The molecule has 0 fully saturated rings. The lowest BCUT2D eigenvalue weighted by atomic mass is 10.1. The molecule has 17 heavy (non-hydrogen) atoms. The molecule has 1 atom stereocenters. The predicted octanol–water partition coefficient (Wildman–Crippen LogP) is 0.956. The van der Waals surface area contributed by atoms with Gasteiger partial charge in [-0.3, -0.25) is 9.59 Å². The van der Waals surface area contributed by atoms with Crippen molar-refractivity contribution in [1.82, 2.24) is 5.32 Å². The summed E-state index contributed by atoms with van der Waals surface area (Å²) >= 11 is 0. The Hall–Kier alpha value is -2.04. The normalized spacial score (nSPS) is 11.7. The van der Waals surface area contributed by atoms with Crippen LogP contribution in [0, 0.1) is 0 Å². The number of benzene rings is 1. The number of carboxylic acid groups (broad SMARTS) is 1. The molecule has 1 rings (SSSR count). The van der Waals surface area contributed by atoms with E-state index in [4.69, 9.17) is 5.11 Å². The van der Waals surface area contributed by atoms with E-state index in [0.29, 0.717) is 5.56 Å². The molecule has 0 saturated carbocycles. The quantitative estimate of drug-likeness (QED) is 0.816. The van der Waals surface area contributed by atoms with Crippen molar-refractivity contribution >= 4 is 17.6 Å². The Balaban J connectivity index is 2.73. The number of rotatable bonds is 4. The van der Waals surface area contributed by atoms with E-state index in [0.717, 1.165) is 5.69 Å². The first-order valence-corrected chi connectivity index (χ1v) is 5.23. The Labute approximate surface area is 100 Å². The minimum atomic E-state index is -1.05. The Morgan fingerprint density at radius 3 is 2.18 bits per heavy atom. The van der Waals surface area contributed by atoms with Gasteiger partial charge >= 0.3 is 5.97 Å². The van der Waals surface area contributed by atoms with Crippen molar-refractivity contribution < 1.29 is 14.7 Å². The Morgan fingerprint density at radius 2 is 1.76 bits per heavy atom. The van der Waals surface area contributed by atoms with Crippen LogP contribution >= 0.6 is 0 Å². The number of aliphatic carboxylic acids is 1. The summed E-state index contributed by atoms with van der Waals surface area (Å²) in [6.07, 6.45) is 0. The van der Waals surface area contributed by atoms with Gasteiger partial charge in [0, 0.05) is 25.3 Å². The lowest BCUT2D eigenvalue weighted by Crippen LogP contribution is -2.38. The van der Waals surface area contributed by atoms with E-state index in [9.17, 15) is 9.59 Å². The van der Waals surface area contributed by atoms with E-state index in [1.54, 1.807) is 24.3 Å². The summed E-state index contributed by atoms with van der Waals surface area (Å²) in [5.74, 6) is -1.44. The standard InChI is InChI=1S/C12H16N2O3/c1-8(12(16)17)13-11(15)9-4-6-10(7-5-9)14(2)3/h4-8H,1-3H3,(H,13,15)(H,16,17)/t8-/m1/s1. The highest BCUT2D eigenvalue weighted by molar-refractivity contribution is 5.96. The van der Waals surface area contributed by atoms with Gasteiger partial charge in [0.05, 0.1) is 0 Å². The highest BCUT2D eigenvalue weighted by atomic mass is 16.4. The summed E-state index contributed by atoms with van der Waals surface area (Å²) in [5.41, 5.74) is 1.43. The van der Waals surface area contributed by atoms with E-state index in [-0.39, 0.29) is 5.91 Å².